The number of carbonyl (C=O) groups excluding carboxylic acids is 1. The van der Waals surface area contributed by atoms with E-state index in [0.29, 0.717) is 24.5 Å². The SMILES string of the molecule is Cc1c(Nc2ccc(N3CCC(C(C)(C)O)CC3)cn2)ccc(-c2cnc3cc(F)ccn23)c1CNC=O. The molecule has 0 atom stereocenters. The van der Waals surface area contributed by atoms with Crippen molar-refractivity contribution in [3.8, 4) is 11.3 Å². The van der Waals surface area contributed by atoms with Gasteiger partial charge in [-0.05, 0) is 74.9 Å². The van der Waals surface area contributed by atoms with Gasteiger partial charge in [0.1, 0.15) is 17.3 Å². The number of amides is 1. The number of carbonyl (C=O) groups is 1. The summed E-state index contributed by atoms with van der Waals surface area (Å²) in [7, 11) is 0. The van der Waals surface area contributed by atoms with Crippen LogP contribution in [0.15, 0.2) is 55.0 Å². The van der Waals surface area contributed by atoms with Gasteiger partial charge in [0, 0.05) is 43.1 Å². The number of hydrogen-bond acceptors (Lipinski definition) is 6. The highest BCUT2D eigenvalue weighted by Crippen LogP contribution is 2.33. The maximum Gasteiger partial charge on any atom is 0.207 e. The summed E-state index contributed by atoms with van der Waals surface area (Å²) in [6.45, 7) is 7.91. The van der Waals surface area contributed by atoms with Crippen molar-refractivity contribution in [3.05, 3.63) is 71.9 Å². The summed E-state index contributed by atoms with van der Waals surface area (Å²) < 4.78 is 15.5. The first-order chi connectivity index (χ1) is 18.2. The largest absolute Gasteiger partial charge is 0.390 e. The average Bonchev–Trinajstić information content (AvgIpc) is 3.32. The highest BCUT2D eigenvalue weighted by molar-refractivity contribution is 5.75. The summed E-state index contributed by atoms with van der Waals surface area (Å²) in [5.74, 6) is 0.684. The third kappa shape index (κ3) is 5.19. The number of fused-ring (bicyclic) bond motifs is 1. The highest BCUT2D eigenvalue weighted by Gasteiger charge is 2.30. The smallest absolute Gasteiger partial charge is 0.207 e. The molecule has 1 saturated heterocycles. The number of imidazole rings is 1. The number of halogens is 1. The quantitative estimate of drug-likeness (QED) is 0.291. The van der Waals surface area contributed by atoms with Crippen LogP contribution in [0.25, 0.3) is 16.9 Å². The van der Waals surface area contributed by atoms with Crippen molar-refractivity contribution in [1.82, 2.24) is 19.7 Å². The van der Waals surface area contributed by atoms with E-state index in [0.717, 1.165) is 65.5 Å². The molecule has 0 saturated carbocycles. The van der Waals surface area contributed by atoms with Crippen LogP contribution in [0.1, 0.15) is 37.8 Å². The Hall–Kier alpha value is -3.98. The maximum atomic E-state index is 13.7. The number of piperidine rings is 1. The van der Waals surface area contributed by atoms with E-state index >= 15 is 0 Å². The molecule has 1 fully saturated rings. The molecule has 8 nitrogen and oxygen atoms in total. The molecule has 0 spiro atoms. The van der Waals surface area contributed by atoms with E-state index in [1.165, 1.54) is 12.1 Å². The second kappa shape index (κ2) is 10.4. The Morgan fingerprint density at radius 3 is 2.61 bits per heavy atom. The molecule has 1 aromatic carbocycles. The number of nitrogens with zero attached hydrogens (tertiary/aromatic N) is 4. The second-order valence-electron chi connectivity index (χ2n) is 10.4. The molecule has 1 amide bonds. The van der Waals surface area contributed by atoms with E-state index in [4.69, 9.17) is 0 Å². The van der Waals surface area contributed by atoms with Gasteiger partial charge in [-0.25, -0.2) is 14.4 Å². The second-order valence-corrected chi connectivity index (χ2v) is 10.4. The van der Waals surface area contributed by atoms with Crippen LogP contribution < -0.4 is 15.5 Å². The van der Waals surface area contributed by atoms with Crippen LogP contribution in [-0.4, -0.2) is 44.6 Å². The zero-order valence-electron chi connectivity index (χ0n) is 21.9. The Bertz CT molecular complexity index is 1440. The summed E-state index contributed by atoms with van der Waals surface area (Å²) in [4.78, 5) is 22.4. The predicted octanol–water partition coefficient (Wildman–Crippen LogP) is 4.82. The molecule has 198 valence electrons. The molecule has 0 radical (unpaired) electrons. The number of nitrogens with one attached hydrogen (secondary N) is 2. The molecule has 4 aromatic rings. The minimum absolute atomic E-state index is 0.309. The Morgan fingerprint density at radius 2 is 1.92 bits per heavy atom. The minimum atomic E-state index is -0.644. The first-order valence-electron chi connectivity index (χ1n) is 12.9. The first kappa shape index (κ1) is 25.7. The molecule has 4 heterocycles. The minimum Gasteiger partial charge on any atom is -0.390 e. The van der Waals surface area contributed by atoms with Crippen LogP contribution in [0.4, 0.5) is 21.6 Å². The molecular formula is C29H33FN6O2. The van der Waals surface area contributed by atoms with Crippen LogP contribution in [0.3, 0.4) is 0 Å². The number of hydrogen-bond donors (Lipinski definition) is 3. The topological polar surface area (TPSA) is 94.8 Å². The van der Waals surface area contributed by atoms with Crippen LogP contribution in [0, 0.1) is 18.7 Å². The van der Waals surface area contributed by atoms with Crippen molar-refractivity contribution in [1.29, 1.82) is 0 Å². The lowest BCUT2D eigenvalue weighted by Gasteiger charge is -2.38. The summed E-state index contributed by atoms with van der Waals surface area (Å²) >= 11 is 0. The van der Waals surface area contributed by atoms with E-state index in [9.17, 15) is 14.3 Å². The van der Waals surface area contributed by atoms with Gasteiger partial charge in [0.2, 0.25) is 6.41 Å². The van der Waals surface area contributed by atoms with Gasteiger partial charge in [-0.15, -0.1) is 0 Å². The van der Waals surface area contributed by atoms with E-state index in [-0.39, 0.29) is 5.82 Å². The summed E-state index contributed by atoms with van der Waals surface area (Å²) in [6.07, 6.45) is 7.83. The van der Waals surface area contributed by atoms with E-state index in [1.807, 2.05) is 49.6 Å². The summed E-state index contributed by atoms with van der Waals surface area (Å²) in [5, 5.41) is 16.5. The molecule has 9 heteroatoms. The number of aliphatic hydroxyl groups is 1. The van der Waals surface area contributed by atoms with Crippen molar-refractivity contribution in [3.63, 3.8) is 0 Å². The Labute approximate surface area is 221 Å². The molecule has 0 aliphatic carbocycles. The van der Waals surface area contributed by atoms with Gasteiger partial charge >= 0.3 is 0 Å². The van der Waals surface area contributed by atoms with Crippen molar-refractivity contribution in [2.24, 2.45) is 5.92 Å². The zero-order valence-corrected chi connectivity index (χ0v) is 21.9. The lowest BCUT2D eigenvalue weighted by molar-refractivity contribution is -0.109. The lowest BCUT2D eigenvalue weighted by atomic mass is 9.83. The Balaban J connectivity index is 1.37. The molecule has 5 rings (SSSR count). The fourth-order valence-corrected chi connectivity index (χ4v) is 5.29. The van der Waals surface area contributed by atoms with Crippen molar-refractivity contribution >= 4 is 29.2 Å². The zero-order chi connectivity index (χ0) is 26.9. The van der Waals surface area contributed by atoms with Gasteiger partial charge in [0.25, 0.3) is 0 Å². The fraction of sp³-hybridized carbons (Fsp3) is 0.345. The number of aromatic nitrogens is 3. The highest BCUT2D eigenvalue weighted by atomic mass is 19.1. The standard InChI is InChI=1S/C29H33FN6O2/c1-19-24(16-31-18-37)23(26-17-33-28-14-21(30)10-13-36(26)28)5-6-25(19)34-27-7-4-22(15-32-27)35-11-8-20(9-12-35)29(2,3)38/h4-7,10,13-15,17-18,20,38H,8-9,11-12,16H2,1-3H3,(H,31,37)(H,32,34). The molecule has 1 aliphatic rings. The Morgan fingerprint density at radius 1 is 1.13 bits per heavy atom. The number of benzene rings is 1. The molecule has 1 aliphatic heterocycles. The molecule has 3 N–H and O–H groups in total. The third-order valence-electron chi connectivity index (χ3n) is 7.58. The third-order valence-corrected chi connectivity index (χ3v) is 7.58. The van der Waals surface area contributed by atoms with Crippen molar-refractivity contribution < 1.29 is 14.3 Å². The lowest BCUT2D eigenvalue weighted by Crippen LogP contribution is -2.41. The van der Waals surface area contributed by atoms with Gasteiger partial charge < -0.3 is 20.6 Å². The predicted molar refractivity (Wildman–Crippen MR) is 147 cm³/mol. The van der Waals surface area contributed by atoms with Crippen LogP contribution in [0.2, 0.25) is 0 Å². The van der Waals surface area contributed by atoms with E-state index in [1.54, 1.807) is 12.4 Å². The number of pyridine rings is 2. The summed E-state index contributed by atoms with van der Waals surface area (Å²) in [6, 6.07) is 10.8. The van der Waals surface area contributed by atoms with Crippen LogP contribution >= 0.6 is 0 Å². The van der Waals surface area contributed by atoms with E-state index in [2.05, 4.69) is 31.6 Å². The van der Waals surface area contributed by atoms with Gasteiger partial charge in [-0.3, -0.25) is 9.20 Å². The normalized spacial score (nSPS) is 14.6. The summed E-state index contributed by atoms with van der Waals surface area (Å²) in [5.41, 5.74) is 5.43. The maximum absolute atomic E-state index is 13.7. The van der Waals surface area contributed by atoms with Gasteiger partial charge in [-0.1, -0.05) is 6.07 Å². The van der Waals surface area contributed by atoms with Crippen LogP contribution in [0.5, 0.6) is 0 Å². The van der Waals surface area contributed by atoms with Gasteiger partial charge in [0.15, 0.2) is 0 Å². The monoisotopic (exact) mass is 516 g/mol. The van der Waals surface area contributed by atoms with Gasteiger partial charge in [-0.2, -0.15) is 0 Å². The molecule has 0 bridgehead atoms. The average molecular weight is 517 g/mol. The van der Waals surface area contributed by atoms with Crippen LogP contribution in [-0.2, 0) is 11.3 Å². The Kier molecular flexibility index (Phi) is 7.03. The first-order valence-corrected chi connectivity index (χ1v) is 12.9. The fourth-order valence-electron chi connectivity index (χ4n) is 5.29. The molecule has 0 unspecified atom stereocenters. The number of anilines is 3. The van der Waals surface area contributed by atoms with Crippen molar-refractivity contribution in [2.45, 2.75) is 45.8 Å². The van der Waals surface area contributed by atoms with Crippen molar-refractivity contribution in [2.75, 3.05) is 23.3 Å². The molecule has 38 heavy (non-hydrogen) atoms. The van der Waals surface area contributed by atoms with Gasteiger partial charge in [0.05, 0.1) is 29.4 Å². The van der Waals surface area contributed by atoms with E-state index < -0.39 is 5.60 Å². The molecule has 3 aromatic heterocycles. The molecular weight excluding hydrogens is 483 g/mol. The number of rotatable bonds is 8.